The highest BCUT2D eigenvalue weighted by Crippen LogP contribution is 2.15. The predicted molar refractivity (Wildman–Crippen MR) is 150 cm³/mol. The molecule has 0 saturated heterocycles. The Hall–Kier alpha value is -3.11. The quantitative estimate of drug-likeness (QED) is 0.182. The van der Waals surface area contributed by atoms with Crippen molar-refractivity contribution in [1.82, 2.24) is 15.8 Å². The van der Waals surface area contributed by atoms with Gasteiger partial charge < -0.3 is 10.6 Å². The van der Waals surface area contributed by atoms with Crippen LogP contribution in [0.4, 0.5) is 11.4 Å². The lowest BCUT2D eigenvalue weighted by Crippen LogP contribution is -2.25. The highest BCUT2D eigenvalue weighted by atomic mass is 35.5. The van der Waals surface area contributed by atoms with Crippen LogP contribution in [0.1, 0.15) is 25.2 Å². The largest absolute Gasteiger partial charge is 0.331 e. The fraction of sp³-hybridized carbons (Fsp3) is 0.0870. The smallest absolute Gasteiger partial charge is 0.191 e. The summed E-state index contributed by atoms with van der Waals surface area (Å²) in [6.07, 6.45) is 0. The molecule has 174 valence electrons. The summed E-state index contributed by atoms with van der Waals surface area (Å²) in [4.78, 5) is 4.62. The van der Waals surface area contributed by atoms with Crippen LogP contribution in [0.2, 0.25) is 10.0 Å². The van der Waals surface area contributed by atoms with Gasteiger partial charge in [-0.3, -0.25) is 10.9 Å². The van der Waals surface area contributed by atoms with Crippen LogP contribution in [0.25, 0.3) is 0 Å². The van der Waals surface area contributed by atoms with Gasteiger partial charge in [0.05, 0.1) is 22.8 Å². The van der Waals surface area contributed by atoms with Crippen molar-refractivity contribution in [2.24, 2.45) is 10.2 Å². The summed E-state index contributed by atoms with van der Waals surface area (Å²) >= 11 is 22.5. The minimum atomic E-state index is 0.334. The Kier molecular flexibility index (Phi) is 9.29. The van der Waals surface area contributed by atoms with Crippen LogP contribution < -0.4 is 21.5 Å². The van der Waals surface area contributed by atoms with Crippen molar-refractivity contribution in [3.8, 4) is 0 Å². The minimum absolute atomic E-state index is 0.334. The van der Waals surface area contributed by atoms with Gasteiger partial charge in [0, 0.05) is 21.4 Å². The normalized spacial score (nSPS) is 11.5. The van der Waals surface area contributed by atoms with E-state index in [0.29, 0.717) is 43.1 Å². The minimum Gasteiger partial charge on any atom is -0.331 e. The number of benzene rings is 2. The van der Waals surface area contributed by atoms with Gasteiger partial charge in [0.25, 0.3) is 0 Å². The number of anilines is 2. The molecule has 0 saturated carbocycles. The highest BCUT2D eigenvalue weighted by molar-refractivity contribution is 7.80. The number of nitrogens with one attached hydrogen (secondary N) is 4. The van der Waals surface area contributed by atoms with E-state index in [1.54, 1.807) is 24.3 Å². The maximum Gasteiger partial charge on any atom is 0.191 e. The Morgan fingerprint density at radius 2 is 1.12 bits per heavy atom. The maximum absolute atomic E-state index is 5.99. The van der Waals surface area contributed by atoms with E-state index in [-0.39, 0.29) is 0 Å². The number of pyridine rings is 1. The van der Waals surface area contributed by atoms with Gasteiger partial charge in [-0.25, -0.2) is 4.98 Å². The van der Waals surface area contributed by atoms with Gasteiger partial charge in [0.1, 0.15) is 0 Å². The zero-order valence-electron chi connectivity index (χ0n) is 18.3. The highest BCUT2D eigenvalue weighted by Gasteiger charge is 2.06. The average molecular weight is 531 g/mol. The zero-order chi connectivity index (χ0) is 24.5. The molecule has 1 aromatic heterocycles. The standard InChI is InChI=1S/C23H21Cl2N7S2/c1-14(29-31-22(33)26-18-8-3-6-16(24)12-18)20-10-5-11-21(28-20)15(2)30-32-23(34)27-19-9-4-7-17(25)13-19/h3-13H,1-2H3,(H2,26,31,33)(H2,27,32,34). The van der Waals surface area contributed by atoms with Crippen molar-refractivity contribution in [3.05, 3.63) is 88.2 Å². The van der Waals surface area contributed by atoms with Crippen molar-refractivity contribution < 1.29 is 0 Å². The molecule has 0 spiro atoms. The van der Waals surface area contributed by atoms with Gasteiger partial charge in [-0.1, -0.05) is 41.4 Å². The number of rotatable bonds is 6. The Bertz CT molecular complexity index is 1170. The molecule has 0 radical (unpaired) electrons. The van der Waals surface area contributed by atoms with E-state index in [1.165, 1.54) is 0 Å². The maximum atomic E-state index is 5.99. The van der Waals surface area contributed by atoms with Crippen molar-refractivity contribution in [2.75, 3.05) is 10.6 Å². The number of hydrogen-bond acceptors (Lipinski definition) is 5. The lowest BCUT2D eigenvalue weighted by Gasteiger charge is -2.09. The molecule has 2 aromatic carbocycles. The molecule has 0 aliphatic carbocycles. The van der Waals surface area contributed by atoms with Gasteiger partial charge in [-0.15, -0.1) is 0 Å². The molecular formula is C23H21Cl2N7S2. The van der Waals surface area contributed by atoms with Crippen LogP contribution in [0.15, 0.2) is 76.9 Å². The third-order valence-corrected chi connectivity index (χ3v) is 5.16. The molecule has 0 unspecified atom stereocenters. The van der Waals surface area contributed by atoms with Crippen molar-refractivity contribution >= 4 is 80.7 Å². The number of hydrazone groups is 2. The van der Waals surface area contributed by atoms with Gasteiger partial charge in [0.2, 0.25) is 0 Å². The van der Waals surface area contributed by atoms with Crippen molar-refractivity contribution in [2.45, 2.75) is 13.8 Å². The predicted octanol–water partition coefficient (Wildman–Crippen LogP) is 5.81. The Balaban J connectivity index is 1.59. The number of aromatic nitrogens is 1. The van der Waals surface area contributed by atoms with Crippen LogP contribution in [0, 0.1) is 0 Å². The lowest BCUT2D eigenvalue weighted by atomic mass is 10.2. The van der Waals surface area contributed by atoms with Gasteiger partial charge in [-0.05, 0) is 86.8 Å². The van der Waals surface area contributed by atoms with Gasteiger partial charge >= 0.3 is 0 Å². The summed E-state index contributed by atoms with van der Waals surface area (Å²) in [6.45, 7) is 3.66. The second-order valence-corrected chi connectivity index (χ2v) is 8.64. The molecule has 1 heterocycles. The van der Waals surface area contributed by atoms with Crippen LogP contribution in [-0.4, -0.2) is 26.6 Å². The Morgan fingerprint density at radius 1 is 0.706 bits per heavy atom. The second kappa shape index (κ2) is 12.4. The van der Waals surface area contributed by atoms with Crippen molar-refractivity contribution in [3.63, 3.8) is 0 Å². The first-order valence-corrected chi connectivity index (χ1v) is 11.6. The first-order chi connectivity index (χ1) is 16.3. The molecular weight excluding hydrogens is 509 g/mol. The average Bonchev–Trinajstić information content (AvgIpc) is 2.81. The molecule has 34 heavy (non-hydrogen) atoms. The first kappa shape index (κ1) is 25.5. The third-order valence-electron chi connectivity index (χ3n) is 4.31. The van der Waals surface area contributed by atoms with Crippen LogP contribution >= 0.6 is 47.6 Å². The topological polar surface area (TPSA) is 85.7 Å². The van der Waals surface area contributed by atoms with E-state index in [0.717, 1.165) is 11.4 Å². The van der Waals surface area contributed by atoms with E-state index in [2.05, 4.69) is 36.7 Å². The summed E-state index contributed by atoms with van der Waals surface area (Å²) in [5.74, 6) is 0. The summed E-state index contributed by atoms with van der Waals surface area (Å²) in [6, 6.07) is 20.1. The van der Waals surface area contributed by atoms with Gasteiger partial charge in [0.15, 0.2) is 10.2 Å². The van der Waals surface area contributed by atoms with Crippen LogP contribution in [0.5, 0.6) is 0 Å². The van der Waals surface area contributed by atoms with E-state index >= 15 is 0 Å². The molecule has 0 aliphatic heterocycles. The second-order valence-electron chi connectivity index (χ2n) is 6.96. The fourth-order valence-corrected chi connectivity index (χ4v) is 3.38. The summed E-state index contributed by atoms with van der Waals surface area (Å²) in [5.41, 5.74) is 9.79. The van der Waals surface area contributed by atoms with Gasteiger partial charge in [-0.2, -0.15) is 10.2 Å². The Morgan fingerprint density at radius 3 is 1.53 bits per heavy atom. The number of hydrogen-bond donors (Lipinski definition) is 4. The molecule has 0 bridgehead atoms. The van der Waals surface area contributed by atoms with E-state index in [4.69, 9.17) is 47.6 Å². The number of thiocarbonyl (C=S) groups is 2. The number of halogens is 2. The molecule has 0 amide bonds. The van der Waals surface area contributed by atoms with E-state index in [9.17, 15) is 0 Å². The molecule has 3 aromatic rings. The molecule has 0 atom stereocenters. The monoisotopic (exact) mass is 529 g/mol. The third kappa shape index (κ3) is 8.03. The summed E-state index contributed by atoms with van der Waals surface area (Å²) in [7, 11) is 0. The molecule has 4 N–H and O–H groups in total. The fourth-order valence-electron chi connectivity index (χ4n) is 2.67. The number of nitrogens with zero attached hydrogens (tertiary/aromatic N) is 3. The first-order valence-electron chi connectivity index (χ1n) is 10.0. The zero-order valence-corrected chi connectivity index (χ0v) is 21.4. The van der Waals surface area contributed by atoms with E-state index < -0.39 is 0 Å². The molecule has 0 fully saturated rings. The van der Waals surface area contributed by atoms with E-state index in [1.807, 2.05) is 56.3 Å². The molecule has 11 heteroatoms. The van der Waals surface area contributed by atoms with Crippen LogP contribution in [-0.2, 0) is 0 Å². The SMILES string of the molecule is CC(=NNC(=S)Nc1cccc(Cl)c1)c1cccc(C(C)=NNC(=S)Nc2cccc(Cl)c2)n1. The van der Waals surface area contributed by atoms with Crippen molar-refractivity contribution in [1.29, 1.82) is 0 Å². The molecule has 3 rings (SSSR count). The summed E-state index contributed by atoms with van der Waals surface area (Å²) in [5, 5.41) is 16.6. The summed E-state index contributed by atoms with van der Waals surface area (Å²) < 4.78 is 0. The lowest BCUT2D eigenvalue weighted by molar-refractivity contribution is 1.02. The molecule has 0 aliphatic rings. The van der Waals surface area contributed by atoms with Crippen LogP contribution in [0.3, 0.4) is 0 Å². The Labute approximate surface area is 218 Å². The molecule has 7 nitrogen and oxygen atoms in total.